The first-order valence-corrected chi connectivity index (χ1v) is 5.93. The maximum atomic E-state index is 13.1. The van der Waals surface area contributed by atoms with Gasteiger partial charge in [0.2, 0.25) is 5.91 Å². The molecule has 0 radical (unpaired) electrons. The molecule has 1 aliphatic heterocycles. The van der Waals surface area contributed by atoms with Gasteiger partial charge in [0.05, 0.1) is 18.8 Å². The van der Waals surface area contributed by atoms with Crippen molar-refractivity contribution < 1.29 is 22.4 Å². The average Bonchev–Trinajstić information content (AvgIpc) is 2.55. The van der Waals surface area contributed by atoms with Crippen molar-refractivity contribution in [3.8, 4) is 0 Å². The second-order valence-corrected chi connectivity index (χ2v) is 4.84. The highest BCUT2D eigenvalue weighted by atomic mass is 19.3. The molecule has 2 unspecified atom stereocenters. The smallest absolute Gasteiger partial charge is 0.319 e. The van der Waals surface area contributed by atoms with Crippen LogP contribution in [-0.4, -0.2) is 41.9 Å². The fourth-order valence-electron chi connectivity index (χ4n) is 2.02. The van der Waals surface area contributed by atoms with Crippen molar-refractivity contribution in [1.29, 1.82) is 0 Å². The molecule has 106 valence electrons. The lowest BCUT2D eigenvalue weighted by Crippen LogP contribution is -2.49. The van der Waals surface area contributed by atoms with Crippen LogP contribution in [0.15, 0.2) is 0 Å². The van der Waals surface area contributed by atoms with Gasteiger partial charge in [0, 0.05) is 0 Å². The third kappa shape index (κ3) is 2.93. The lowest BCUT2D eigenvalue weighted by atomic mass is 10.1. The summed E-state index contributed by atoms with van der Waals surface area (Å²) in [4.78, 5) is 12.7. The Kier molecular flexibility index (Phi) is 4.58. The van der Waals surface area contributed by atoms with Crippen molar-refractivity contribution in [2.45, 2.75) is 51.7 Å². The first-order valence-electron chi connectivity index (χ1n) is 5.93. The molecule has 2 atom stereocenters. The standard InChI is InChI=1S/C11H18F4N2O/c1-4-7-9(18)17(8(16-7)6(2)3)5-11(14,15)10(12)13/h6-8,10,16H,4-5H2,1-3H3. The van der Waals surface area contributed by atoms with E-state index in [-0.39, 0.29) is 5.92 Å². The molecule has 1 amide bonds. The topological polar surface area (TPSA) is 32.3 Å². The van der Waals surface area contributed by atoms with Gasteiger partial charge in [-0.1, -0.05) is 20.8 Å². The van der Waals surface area contributed by atoms with E-state index in [9.17, 15) is 22.4 Å². The quantitative estimate of drug-likeness (QED) is 0.776. The summed E-state index contributed by atoms with van der Waals surface area (Å²) < 4.78 is 50.5. The highest BCUT2D eigenvalue weighted by Gasteiger charge is 2.48. The van der Waals surface area contributed by atoms with Crippen LogP contribution in [0.2, 0.25) is 0 Å². The summed E-state index contributed by atoms with van der Waals surface area (Å²) in [6.45, 7) is 3.99. The summed E-state index contributed by atoms with van der Waals surface area (Å²) in [6.07, 6.45) is -3.94. The van der Waals surface area contributed by atoms with Gasteiger partial charge in [0.15, 0.2) is 0 Å². The zero-order valence-corrected chi connectivity index (χ0v) is 10.6. The molecule has 1 saturated heterocycles. The van der Waals surface area contributed by atoms with Crippen molar-refractivity contribution in [2.24, 2.45) is 5.92 Å². The first-order chi connectivity index (χ1) is 8.20. The molecule has 1 fully saturated rings. The van der Waals surface area contributed by atoms with Crippen LogP contribution in [0, 0.1) is 5.92 Å². The van der Waals surface area contributed by atoms with Gasteiger partial charge in [-0.25, -0.2) is 8.78 Å². The Morgan fingerprint density at radius 2 is 1.94 bits per heavy atom. The zero-order chi connectivity index (χ0) is 14.1. The molecule has 1 N–H and O–H groups in total. The van der Waals surface area contributed by atoms with Crippen molar-refractivity contribution in [3.05, 3.63) is 0 Å². The van der Waals surface area contributed by atoms with Crippen molar-refractivity contribution in [3.63, 3.8) is 0 Å². The maximum absolute atomic E-state index is 13.1. The molecule has 0 aromatic carbocycles. The van der Waals surface area contributed by atoms with Crippen LogP contribution >= 0.6 is 0 Å². The molecular weight excluding hydrogens is 252 g/mol. The third-order valence-corrected chi connectivity index (χ3v) is 3.03. The van der Waals surface area contributed by atoms with Gasteiger partial charge in [-0.05, 0) is 12.3 Å². The minimum Gasteiger partial charge on any atom is -0.319 e. The molecule has 1 aliphatic rings. The second kappa shape index (κ2) is 5.42. The van der Waals surface area contributed by atoms with Gasteiger partial charge in [-0.2, -0.15) is 8.78 Å². The number of amides is 1. The van der Waals surface area contributed by atoms with Crippen molar-refractivity contribution in [2.75, 3.05) is 6.54 Å². The van der Waals surface area contributed by atoms with Gasteiger partial charge < -0.3 is 4.90 Å². The number of halogens is 4. The highest BCUT2D eigenvalue weighted by Crippen LogP contribution is 2.28. The summed E-state index contributed by atoms with van der Waals surface area (Å²) in [5.41, 5.74) is 0. The number of alkyl halides is 4. The molecule has 3 nitrogen and oxygen atoms in total. The second-order valence-electron chi connectivity index (χ2n) is 4.84. The molecular formula is C11H18F4N2O. The van der Waals surface area contributed by atoms with Crippen LogP contribution in [0.3, 0.4) is 0 Å². The number of nitrogens with one attached hydrogen (secondary N) is 1. The van der Waals surface area contributed by atoms with E-state index in [1.54, 1.807) is 20.8 Å². The lowest BCUT2D eigenvalue weighted by molar-refractivity contribution is -0.158. The number of rotatable bonds is 5. The number of hydrogen-bond acceptors (Lipinski definition) is 2. The number of carbonyl (C=O) groups is 1. The normalized spacial score (nSPS) is 25.6. The molecule has 0 saturated carbocycles. The molecule has 0 aliphatic carbocycles. The fraction of sp³-hybridized carbons (Fsp3) is 0.909. The highest BCUT2D eigenvalue weighted by molar-refractivity contribution is 5.84. The Bertz CT molecular complexity index is 309. The Labute approximate surface area is 104 Å². The van der Waals surface area contributed by atoms with Crippen LogP contribution in [0.1, 0.15) is 27.2 Å². The predicted molar refractivity (Wildman–Crippen MR) is 58.5 cm³/mol. The molecule has 1 heterocycles. The number of nitrogens with zero attached hydrogens (tertiary/aromatic N) is 1. The van der Waals surface area contributed by atoms with E-state index >= 15 is 0 Å². The summed E-state index contributed by atoms with van der Waals surface area (Å²) >= 11 is 0. The largest absolute Gasteiger partial charge is 0.324 e. The SMILES string of the molecule is CCC1NC(C(C)C)N(CC(F)(F)C(F)F)C1=O. The fourth-order valence-corrected chi connectivity index (χ4v) is 2.02. The minimum absolute atomic E-state index is 0.126. The van der Waals surface area contributed by atoms with Gasteiger partial charge in [0.1, 0.15) is 0 Å². The third-order valence-electron chi connectivity index (χ3n) is 3.03. The Balaban J connectivity index is 2.86. The van der Waals surface area contributed by atoms with E-state index in [1.165, 1.54) is 0 Å². The van der Waals surface area contributed by atoms with E-state index in [0.29, 0.717) is 6.42 Å². The average molecular weight is 270 g/mol. The summed E-state index contributed by atoms with van der Waals surface area (Å²) in [6, 6.07) is -0.564. The molecule has 7 heteroatoms. The summed E-state index contributed by atoms with van der Waals surface area (Å²) in [5, 5.41) is 2.90. The van der Waals surface area contributed by atoms with Gasteiger partial charge in [-0.15, -0.1) is 0 Å². The van der Waals surface area contributed by atoms with E-state index in [4.69, 9.17) is 0 Å². The lowest BCUT2D eigenvalue weighted by Gasteiger charge is -2.30. The Hall–Kier alpha value is -0.850. The summed E-state index contributed by atoms with van der Waals surface area (Å²) in [5.74, 6) is -4.83. The van der Waals surface area contributed by atoms with E-state index in [1.807, 2.05) is 0 Å². The van der Waals surface area contributed by atoms with Gasteiger partial charge in [-0.3, -0.25) is 10.1 Å². The molecule has 1 rings (SSSR count). The molecule has 0 bridgehead atoms. The number of hydrogen-bond donors (Lipinski definition) is 1. The van der Waals surface area contributed by atoms with Gasteiger partial charge >= 0.3 is 12.3 Å². The van der Waals surface area contributed by atoms with E-state index < -0.39 is 37.0 Å². The van der Waals surface area contributed by atoms with E-state index in [2.05, 4.69) is 5.32 Å². The predicted octanol–water partition coefficient (Wildman–Crippen LogP) is 2.08. The first kappa shape index (κ1) is 15.2. The molecule has 0 aromatic rings. The maximum Gasteiger partial charge on any atom is 0.324 e. The Morgan fingerprint density at radius 1 is 1.39 bits per heavy atom. The van der Waals surface area contributed by atoms with Crippen LogP contribution in [0.5, 0.6) is 0 Å². The van der Waals surface area contributed by atoms with Crippen LogP contribution < -0.4 is 5.32 Å². The van der Waals surface area contributed by atoms with Crippen LogP contribution in [-0.2, 0) is 4.79 Å². The summed E-state index contributed by atoms with van der Waals surface area (Å²) in [7, 11) is 0. The molecule has 18 heavy (non-hydrogen) atoms. The van der Waals surface area contributed by atoms with Crippen LogP contribution in [0.4, 0.5) is 17.6 Å². The monoisotopic (exact) mass is 270 g/mol. The zero-order valence-electron chi connectivity index (χ0n) is 10.6. The molecule has 0 aromatic heterocycles. The van der Waals surface area contributed by atoms with Crippen LogP contribution in [0.25, 0.3) is 0 Å². The van der Waals surface area contributed by atoms with Crippen molar-refractivity contribution in [1.82, 2.24) is 10.2 Å². The van der Waals surface area contributed by atoms with E-state index in [0.717, 1.165) is 4.90 Å². The molecule has 0 spiro atoms. The van der Waals surface area contributed by atoms with Gasteiger partial charge in [0.25, 0.3) is 0 Å². The minimum atomic E-state index is -4.17. The number of carbonyl (C=O) groups excluding carboxylic acids is 1. The Morgan fingerprint density at radius 3 is 2.33 bits per heavy atom. The van der Waals surface area contributed by atoms with Crippen molar-refractivity contribution >= 4 is 5.91 Å².